The Labute approximate surface area is 93.1 Å². The van der Waals surface area contributed by atoms with Crippen LogP contribution in [-0.4, -0.2) is 17.0 Å². The molecule has 1 unspecified atom stereocenters. The normalized spacial score (nSPS) is 21.7. The van der Waals surface area contributed by atoms with E-state index in [1.54, 1.807) is 5.56 Å². The van der Waals surface area contributed by atoms with Crippen LogP contribution < -0.4 is 0 Å². The van der Waals surface area contributed by atoms with Crippen LogP contribution in [0, 0.1) is 0 Å². The largest absolute Gasteiger partial charge is 0.293 e. The van der Waals surface area contributed by atoms with E-state index in [0.29, 0.717) is 6.04 Å². The summed E-state index contributed by atoms with van der Waals surface area (Å²) in [4.78, 5) is 2.63. The molecule has 0 aliphatic carbocycles. The van der Waals surface area contributed by atoms with Gasteiger partial charge < -0.3 is 0 Å². The highest BCUT2D eigenvalue weighted by Crippen LogP contribution is 2.26. The summed E-state index contributed by atoms with van der Waals surface area (Å²) in [6.45, 7) is 8.04. The van der Waals surface area contributed by atoms with Crippen molar-refractivity contribution in [2.75, 3.05) is 0 Å². The molecule has 0 saturated heterocycles. The quantitative estimate of drug-likeness (QED) is 0.713. The molecule has 1 aromatic carbocycles. The van der Waals surface area contributed by atoms with Gasteiger partial charge in [0.15, 0.2) is 0 Å². The Balaban J connectivity index is 2.26. The zero-order valence-corrected chi connectivity index (χ0v) is 10.0. The maximum absolute atomic E-state index is 2.63. The highest BCUT2D eigenvalue weighted by molar-refractivity contribution is 5.30. The van der Waals surface area contributed by atoms with E-state index in [0.717, 1.165) is 12.6 Å². The van der Waals surface area contributed by atoms with Gasteiger partial charge in [0.1, 0.15) is 0 Å². The van der Waals surface area contributed by atoms with E-state index in [2.05, 4.69) is 49.9 Å². The second-order valence-corrected chi connectivity index (χ2v) is 4.80. The molecule has 1 heteroatoms. The maximum atomic E-state index is 2.63. The smallest absolute Gasteiger partial charge is 0.0242 e. The fourth-order valence-electron chi connectivity index (χ4n) is 2.59. The molecule has 82 valence electrons. The van der Waals surface area contributed by atoms with Crippen LogP contribution in [-0.2, 0) is 13.0 Å². The van der Waals surface area contributed by atoms with Crippen molar-refractivity contribution in [1.29, 1.82) is 0 Å². The summed E-state index contributed by atoms with van der Waals surface area (Å²) < 4.78 is 0. The minimum absolute atomic E-state index is 0.656. The second-order valence-electron chi connectivity index (χ2n) is 4.80. The standard InChI is InChI=1S/C14H21N/c1-4-14-9-12-7-5-6-8-13(12)10-15(14)11(2)3/h5-8,11,14H,4,9-10H2,1-3H3. The summed E-state index contributed by atoms with van der Waals surface area (Å²) in [5, 5.41) is 0. The van der Waals surface area contributed by atoms with Crippen molar-refractivity contribution in [1.82, 2.24) is 4.90 Å². The molecule has 0 radical (unpaired) electrons. The minimum atomic E-state index is 0.656. The molecule has 0 amide bonds. The topological polar surface area (TPSA) is 3.24 Å². The number of fused-ring (bicyclic) bond motifs is 1. The van der Waals surface area contributed by atoms with Gasteiger partial charge in [-0.2, -0.15) is 0 Å². The molecule has 0 fully saturated rings. The Kier molecular flexibility index (Phi) is 3.11. The molecule has 1 aliphatic rings. The van der Waals surface area contributed by atoms with E-state index in [1.807, 2.05) is 0 Å². The number of rotatable bonds is 2. The Morgan fingerprint density at radius 1 is 1.27 bits per heavy atom. The molecule has 0 bridgehead atoms. The average molecular weight is 203 g/mol. The zero-order valence-electron chi connectivity index (χ0n) is 10.0. The molecule has 0 spiro atoms. The second kappa shape index (κ2) is 4.36. The zero-order chi connectivity index (χ0) is 10.8. The summed E-state index contributed by atoms with van der Waals surface area (Å²) in [6, 6.07) is 10.3. The van der Waals surface area contributed by atoms with E-state index in [-0.39, 0.29) is 0 Å². The molecule has 0 N–H and O–H groups in total. The van der Waals surface area contributed by atoms with Gasteiger partial charge in [-0.05, 0) is 37.8 Å². The molecule has 0 saturated carbocycles. The van der Waals surface area contributed by atoms with Gasteiger partial charge in [-0.3, -0.25) is 4.90 Å². The van der Waals surface area contributed by atoms with Gasteiger partial charge in [-0.1, -0.05) is 31.2 Å². The molecule has 1 heterocycles. The van der Waals surface area contributed by atoms with Crippen LogP contribution in [0.2, 0.25) is 0 Å². The first kappa shape index (κ1) is 10.7. The fourth-order valence-corrected chi connectivity index (χ4v) is 2.59. The van der Waals surface area contributed by atoms with Gasteiger partial charge in [0.05, 0.1) is 0 Å². The Bertz CT molecular complexity index is 330. The van der Waals surface area contributed by atoms with Crippen LogP contribution >= 0.6 is 0 Å². The molecular formula is C14H21N. The predicted octanol–water partition coefficient (Wildman–Crippen LogP) is 3.23. The number of nitrogens with zero attached hydrogens (tertiary/aromatic N) is 1. The van der Waals surface area contributed by atoms with Crippen LogP contribution in [0.25, 0.3) is 0 Å². The SMILES string of the molecule is CCC1Cc2ccccc2CN1C(C)C. The number of benzene rings is 1. The Hall–Kier alpha value is -0.820. The number of hydrogen-bond donors (Lipinski definition) is 0. The highest BCUT2D eigenvalue weighted by atomic mass is 15.2. The van der Waals surface area contributed by atoms with Crippen molar-refractivity contribution in [3.63, 3.8) is 0 Å². The first-order valence-corrected chi connectivity index (χ1v) is 6.05. The van der Waals surface area contributed by atoms with Crippen molar-refractivity contribution < 1.29 is 0 Å². The molecule has 15 heavy (non-hydrogen) atoms. The van der Waals surface area contributed by atoms with E-state index >= 15 is 0 Å². The third-order valence-corrected chi connectivity index (χ3v) is 3.53. The summed E-state index contributed by atoms with van der Waals surface area (Å²) >= 11 is 0. The first-order valence-electron chi connectivity index (χ1n) is 6.05. The van der Waals surface area contributed by atoms with Gasteiger partial charge in [0, 0.05) is 18.6 Å². The molecule has 1 nitrogen and oxygen atoms in total. The fraction of sp³-hybridized carbons (Fsp3) is 0.571. The van der Waals surface area contributed by atoms with E-state index in [4.69, 9.17) is 0 Å². The molecule has 2 rings (SSSR count). The van der Waals surface area contributed by atoms with Gasteiger partial charge in [0.2, 0.25) is 0 Å². The third kappa shape index (κ3) is 2.07. The van der Waals surface area contributed by atoms with Crippen LogP contribution in [0.5, 0.6) is 0 Å². The van der Waals surface area contributed by atoms with Crippen molar-refractivity contribution in [3.05, 3.63) is 35.4 Å². The van der Waals surface area contributed by atoms with Gasteiger partial charge >= 0.3 is 0 Å². The highest BCUT2D eigenvalue weighted by Gasteiger charge is 2.25. The maximum Gasteiger partial charge on any atom is 0.0242 e. The Morgan fingerprint density at radius 3 is 2.53 bits per heavy atom. The van der Waals surface area contributed by atoms with E-state index < -0.39 is 0 Å². The van der Waals surface area contributed by atoms with Crippen LogP contribution in [0.4, 0.5) is 0 Å². The Morgan fingerprint density at radius 2 is 1.93 bits per heavy atom. The van der Waals surface area contributed by atoms with E-state index in [1.165, 1.54) is 18.4 Å². The lowest BCUT2D eigenvalue weighted by Crippen LogP contribution is -2.43. The molecular weight excluding hydrogens is 182 g/mol. The van der Waals surface area contributed by atoms with Gasteiger partial charge in [0.25, 0.3) is 0 Å². The minimum Gasteiger partial charge on any atom is -0.293 e. The van der Waals surface area contributed by atoms with Crippen molar-refractivity contribution in [2.45, 2.75) is 52.2 Å². The van der Waals surface area contributed by atoms with Crippen molar-refractivity contribution >= 4 is 0 Å². The summed E-state index contributed by atoms with van der Waals surface area (Å²) in [7, 11) is 0. The lowest BCUT2D eigenvalue weighted by Gasteiger charge is -2.39. The summed E-state index contributed by atoms with van der Waals surface area (Å²) in [6.07, 6.45) is 2.48. The predicted molar refractivity (Wildman–Crippen MR) is 64.9 cm³/mol. The van der Waals surface area contributed by atoms with Crippen LogP contribution in [0.3, 0.4) is 0 Å². The third-order valence-electron chi connectivity index (χ3n) is 3.53. The van der Waals surface area contributed by atoms with Gasteiger partial charge in [-0.15, -0.1) is 0 Å². The van der Waals surface area contributed by atoms with Crippen LogP contribution in [0.1, 0.15) is 38.3 Å². The summed E-state index contributed by atoms with van der Waals surface area (Å²) in [5.74, 6) is 0. The van der Waals surface area contributed by atoms with Crippen molar-refractivity contribution in [2.24, 2.45) is 0 Å². The monoisotopic (exact) mass is 203 g/mol. The van der Waals surface area contributed by atoms with Crippen LogP contribution in [0.15, 0.2) is 24.3 Å². The average Bonchev–Trinajstić information content (AvgIpc) is 2.27. The van der Waals surface area contributed by atoms with Gasteiger partial charge in [-0.25, -0.2) is 0 Å². The molecule has 1 aromatic rings. The first-order chi connectivity index (χ1) is 7.22. The van der Waals surface area contributed by atoms with E-state index in [9.17, 15) is 0 Å². The molecule has 1 aliphatic heterocycles. The summed E-state index contributed by atoms with van der Waals surface area (Å²) in [5.41, 5.74) is 3.08. The molecule has 1 atom stereocenters. The number of hydrogen-bond acceptors (Lipinski definition) is 1. The van der Waals surface area contributed by atoms with Crippen molar-refractivity contribution in [3.8, 4) is 0 Å². The lowest BCUT2D eigenvalue weighted by molar-refractivity contribution is 0.126. The lowest BCUT2D eigenvalue weighted by atomic mass is 9.92. The molecule has 0 aromatic heterocycles.